The molecule has 3 nitrogen and oxygen atoms in total. The van der Waals surface area contributed by atoms with E-state index in [0.29, 0.717) is 16.7 Å². The predicted octanol–water partition coefficient (Wildman–Crippen LogP) is 4.05. The number of anilines is 1. The van der Waals surface area contributed by atoms with E-state index < -0.39 is 0 Å². The fourth-order valence-electron chi connectivity index (χ4n) is 1.63. The normalized spacial score (nSPS) is 12.4. The number of ether oxygens (including phenoxy) is 1. The smallest absolute Gasteiger partial charge is 0.238 e. The number of pyridine rings is 1. The molecule has 96 valence electrons. The predicted molar refractivity (Wildman–Crippen MR) is 72.5 cm³/mol. The van der Waals surface area contributed by atoms with Gasteiger partial charge in [0.1, 0.15) is 5.15 Å². The van der Waals surface area contributed by atoms with Crippen molar-refractivity contribution in [2.45, 2.75) is 52.1 Å². The van der Waals surface area contributed by atoms with Crippen LogP contribution in [0.2, 0.25) is 5.15 Å². The maximum atomic E-state index is 5.80. The zero-order valence-corrected chi connectivity index (χ0v) is 11.3. The lowest BCUT2D eigenvalue weighted by molar-refractivity contribution is 0.199. The van der Waals surface area contributed by atoms with Crippen LogP contribution in [0, 0.1) is 0 Å². The second kappa shape index (κ2) is 7.38. The molecule has 1 aromatic heterocycles. The van der Waals surface area contributed by atoms with E-state index in [1.165, 1.54) is 25.7 Å². The molecule has 4 heteroatoms. The third kappa shape index (κ3) is 5.26. The molecule has 0 saturated carbocycles. The van der Waals surface area contributed by atoms with Crippen LogP contribution in [0.25, 0.3) is 0 Å². The van der Waals surface area contributed by atoms with Crippen LogP contribution in [-0.4, -0.2) is 11.1 Å². The average Bonchev–Trinajstić information content (AvgIpc) is 2.29. The summed E-state index contributed by atoms with van der Waals surface area (Å²) in [4.78, 5) is 4.08. The third-order valence-corrected chi connectivity index (χ3v) is 2.84. The van der Waals surface area contributed by atoms with Gasteiger partial charge in [-0.15, -0.1) is 0 Å². The highest BCUT2D eigenvalue weighted by Gasteiger charge is 2.08. The minimum atomic E-state index is 0.125. The van der Waals surface area contributed by atoms with Crippen LogP contribution in [0.15, 0.2) is 12.1 Å². The first-order valence-corrected chi connectivity index (χ1v) is 6.60. The van der Waals surface area contributed by atoms with E-state index in [9.17, 15) is 0 Å². The molecular weight excluding hydrogens is 236 g/mol. The number of aromatic nitrogens is 1. The van der Waals surface area contributed by atoms with Gasteiger partial charge >= 0.3 is 0 Å². The molecule has 0 bridgehead atoms. The van der Waals surface area contributed by atoms with Crippen molar-refractivity contribution in [3.8, 4) is 5.88 Å². The summed E-state index contributed by atoms with van der Waals surface area (Å²) in [6.45, 7) is 4.24. The number of nitrogens with zero attached hydrogens (tertiary/aromatic N) is 1. The number of hydrogen-bond donors (Lipinski definition) is 1. The van der Waals surface area contributed by atoms with Crippen molar-refractivity contribution in [1.82, 2.24) is 4.98 Å². The first-order chi connectivity index (χ1) is 8.13. The summed E-state index contributed by atoms with van der Waals surface area (Å²) in [5, 5.41) is 0.410. The molecule has 1 unspecified atom stereocenters. The molecule has 0 aromatic carbocycles. The number of hydrogen-bond acceptors (Lipinski definition) is 3. The quantitative estimate of drug-likeness (QED) is 0.591. The van der Waals surface area contributed by atoms with Crippen molar-refractivity contribution in [3.63, 3.8) is 0 Å². The highest BCUT2D eigenvalue weighted by Crippen LogP contribution is 2.22. The summed E-state index contributed by atoms with van der Waals surface area (Å²) in [7, 11) is 0. The van der Waals surface area contributed by atoms with Crippen LogP contribution in [0.3, 0.4) is 0 Å². The SMILES string of the molecule is CCCCCCC(C)Oc1nc(Cl)ccc1N. The van der Waals surface area contributed by atoms with Crippen LogP contribution >= 0.6 is 11.6 Å². The van der Waals surface area contributed by atoms with Gasteiger partial charge in [-0.3, -0.25) is 0 Å². The Morgan fingerprint density at radius 1 is 1.35 bits per heavy atom. The van der Waals surface area contributed by atoms with Crippen molar-refractivity contribution in [2.24, 2.45) is 0 Å². The maximum Gasteiger partial charge on any atom is 0.238 e. The van der Waals surface area contributed by atoms with Gasteiger partial charge in [0.2, 0.25) is 5.88 Å². The van der Waals surface area contributed by atoms with Crippen molar-refractivity contribution in [3.05, 3.63) is 17.3 Å². The molecule has 0 aliphatic heterocycles. The van der Waals surface area contributed by atoms with Crippen LogP contribution < -0.4 is 10.5 Å². The molecule has 0 amide bonds. The Labute approximate surface area is 108 Å². The van der Waals surface area contributed by atoms with Gasteiger partial charge in [0.05, 0.1) is 11.8 Å². The second-order valence-electron chi connectivity index (χ2n) is 4.31. The minimum absolute atomic E-state index is 0.125. The Hall–Kier alpha value is -0.960. The number of unbranched alkanes of at least 4 members (excludes halogenated alkanes) is 3. The molecule has 17 heavy (non-hydrogen) atoms. The highest BCUT2D eigenvalue weighted by atomic mass is 35.5. The van der Waals surface area contributed by atoms with Gasteiger partial charge in [-0.1, -0.05) is 37.8 Å². The van der Waals surface area contributed by atoms with Gasteiger partial charge < -0.3 is 10.5 Å². The Kier molecular flexibility index (Phi) is 6.12. The van der Waals surface area contributed by atoms with E-state index in [-0.39, 0.29) is 6.10 Å². The average molecular weight is 257 g/mol. The van der Waals surface area contributed by atoms with Crippen LogP contribution in [-0.2, 0) is 0 Å². The summed E-state index contributed by atoms with van der Waals surface area (Å²) in [5.41, 5.74) is 6.30. The zero-order chi connectivity index (χ0) is 12.7. The number of halogens is 1. The molecule has 1 rings (SSSR count). The van der Waals surface area contributed by atoms with Crippen LogP contribution in [0.4, 0.5) is 5.69 Å². The third-order valence-electron chi connectivity index (χ3n) is 2.63. The van der Waals surface area contributed by atoms with E-state index in [0.717, 1.165) is 6.42 Å². The lowest BCUT2D eigenvalue weighted by atomic mass is 10.1. The first kappa shape index (κ1) is 14.1. The topological polar surface area (TPSA) is 48.1 Å². The standard InChI is InChI=1S/C13H21ClN2O/c1-3-4-5-6-7-10(2)17-13-11(15)8-9-12(14)16-13/h8-10H,3-7,15H2,1-2H3. The van der Waals surface area contributed by atoms with E-state index in [1.54, 1.807) is 12.1 Å². The van der Waals surface area contributed by atoms with E-state index in [2.05, 4.69) is 11.9 Å². The molecule has 0 fully saturated rings. The fraction of sp³-hybridized carbons (Fsp3) is 0.615. The first-order valence-electron chi connectivity index (χ1n) is 6.22. The Morgan fingerprint density at radius 2 is 2.12 bits per heavy atom. The molecule has 0 saturated heterocycles. The van der Waals surface area contributed by atoms with Crippen molar-refractivity contribution in [1.29, 1.82) is 0 Å². The molecule has 0 spiro atoms. The Balaban J connectivity index is 2.39. The summed E-state index contributed by atoms with van der Waals surface area (Å²) in [6.07, 6.45) is 6.11. The van der Waals surface area contributed by atoms with Gasteiger partial charge in [0.25, 0.3) is 0 Å². The van der Waals surface area contributed by atoms with Crippen molar-refractivity contribution >= 4 is 17.3 Å². The maximum absolute atomic E-state index is 5.80. The van der Waals surface area contributed by atoms with E-state index in [1.807, 2.05) is 6.92 Å². The van der Waals surface area contributed by atoms with Crippen molar-refractivity contribution < 1.29 is 4.74 Å². The summed E-state index contributed by atoms with van der Waals surface area (Å²) < 4.78 is 5.69. The lowest BCUT2D eigenvalue weighted by Crippen LogP contribution is -2.13. The van der Waals surface area contributed by atoms with Gasteiger partial charge in [0.15, 0.2) is 0 Å². The molecule has 0 radical (unpaired) electrons. The van der Waals surface area contributed by atoms with Gasteiger partial charge in [-0.25, -0.2) is 0 Å². The van der Waals surface area contributed by atoms with Crippen molar-refractivity contribution in [2.75, 3.05) is 5.73 Å². The van der Waals surface area contributed by atoms with E-state index >= 15 is 0 Å². The second-order valence-corrected chi connectivity index (χ2v) is 4.69. The van der Waals surface area contributed by atoms with E-state index in [4.69, 9.17) is 22.1 Å². The summed E-state index contributed by atoms with van der Waals surface area (Å²) in [5.74, 6) is 0.445. The van der Waals surface area contributed by atoms with Gasteiger partial charge in [0, 0.05) is 0 Å². The Morgan fingerprint density at radius 3 is 2.82 bits per heavy atom. The van der Waals surface area contributed by atoms with Crippen LogP contribution in [0.1, 0.15) is 46.0 Å². The molecule has 2 N–H and O–H groups in total. The van der Waals surface area contributed by atoms with Gasteiger partial charge in [-0.2, -0.15) is 4.98 Å². The zero-order valence-electron chi connectivity index (χ0n) is 10.6. The molecule has 1 aromatic rings. The molecule has 1 atom stereocenters. The molecule has 1 heterocycles. The fourth-order valence-corrected chi connectivity index (χ4v) is 1.77. The largest absolute Gasteiger partial charge is 0.473 e. The summed E-state index contributed by atoms with van der Waals surface area (Å²) >= 11 is 5.80. The van der Waals surface area contributed by atoms with Gasteiger partial charge in [-0.05, 0) is 31.9 Å². The number of nitrogen functional groups attached to an aromatic ring is 1. The summed E-state index contributed by atoms with van der Waals surface area (Å²) in [6, 6.07) is 3.38. The van der Waals surface area contributed by atoms with Crippen LogP contribution in [0.5, 0.6) is 5.88 Å². The Bertz CT molecular complexity index is 344. The molecular formula is C13H21ClN2O. The molecule has 0 aliphatic carbocycles. The minimum Gasteiger partial charge on any atom is -0.473 e. The lowest BCUT2D eigenvalue weighted by Gasteiger charge is -2.15. The monoisotopic (exact) mass is 256 g/mol. The number of nitrogens with two attached hydrogens (primary N) is 1. The number of rotatable bonds is 7. The highest BCUT2D eigenvalue weighted by molar-refractivity contribution is 6.29. The molecule has 0 aliphatic rings.